The van der Waals surface area contributed by atoms with Crippen molar-refractivity contribution < 1.29 is 9.59 Å². The van der Waals surface area contributed by atoms with Crippen LogP contribution in [-0.4, -0.2) is 21.7 Å². The van der Waals surface area contributed by atoms with Gasteiger partial charge in [-0.05, 0) is 12.8 Å². The Balaban J connectivity index is 3.31. The molecule has 0 aliphatic heterocycles. The third-order valence-electron chi connectivity index (χ3n) is 4.58. The monoisotopic (exact) mass is 402 g/mol. The van der Waals surface area contributed by atoms with E-state index in [1.165, 1.54) is 101 Å². The molecule has 0 aliphatic rings. The van der Waals surface area contributed by atoms with Crippen molar-refractivity contribution in [2.24, 2.45) is 0 Å². The summed E-state index contributed by atoms with van der Waals surface area (Å²) in [5, 5.41) is 0.609. The van der Waals surface area contributed by atoms with Gasteiger partial charge in [0.2, 0.25) is 0 Å². The van der Waals surface area contributed by atoms with Crippen LogP contribution in [0.25, 0.3) is 0 Å². The van der Waals surface area contributed by atoms with Crippen molar-refractivity contribution in [1.29, 1.82) is 0 Å². The molecule has 0 saturated carbocycles. The summed E-state index contributed by atoms with van der Waals surface area (Å²) in [5.74, 6) is 1.56. The van der Waals surface area contributed by atoms with Crippen LogP contribution in [-0.2, 0) is 9.59 Å². The van der Waals surface area contributed by atoms with Gasteiger partial charge in [0.15, 0.2) is 10.2 Å². The zero-order valence-corrected chi connectivity index (χ0v) is 19.0. The number of carbonyl (C=O) groups excluding carboxylic acids is 2. The van der Waals surface area contributed by atoms with Crippen molar-refractivity contribution in [3.8, 4) is 0 Å². The topological polar surface area (TPSA) is 34.1 Å². The lowest BCUT2D eigenvalue weighted by atomic mass is 10.1. The van der Waals surface area contributed by atoms with Gasteiger partial charge in [-0.15, -0.1) is 0 Å². The van der Waals surface area contributed by atoms with Gasteiger partial charge < -0.3 is 0 Å². The summed E-state index contributed by atoms with van der Waals surface area (Å²) in [6.45, 7) is 4.47. The Hall–Kier alpha value is 0.0400. The molecule has 0 amide bonds. The minimum absolute atomic E-state index is 0.304. The number of unbranched alkanes of at least 4 members (excludes halogenated alkanes) is 12. The van der Waals surface area contributed by atoms with Crippen LogP contribution in [0.15, 0.2) is 0 Å². The van der Waals surface area contributed by atoms with E-state index in [1.807, 2.05) is 0 Å². The van der Waals surface area contributed by atoms with Crippen molar-refractivity contribution in [3.63, 3.8) is 0 Å². The molecular weight excluding hydrogens is 360 g/mol. The summed E-state index contributed by atoms with van der Waals surface area (Å²) >= 11 is 2.84. The predicted octanol–water partition coefficient (Wildman–Crippen LogP) is 7.79. The largest absolute Gasteiger partial charge is 0.287 e. The number of rotatable bonds is 19. The van der Waals surface area contributed by atoms with Crippen molar-refractivity contribution >= 4 is 33.8 Å². The molecule has 0 rings (SSSR count). The smallest absolute Gasteiger partial charge is 0.188 e. The van der Waals surface area contributed by atoms with Gasteiger partial charge in [0, 0.05) is 24.3 Å². The molecule has 0 spiro atoms. The van der Waals surface area contributed by atoms with Gasteiger partial charge in [-0.1, -0.05) is 114 Å². The predicted molar refractivity (Wildman–Crippen MR) is 120 cm³/mol. The maximum absolute atomic E-state index is 11.8. The minimum Gasteiger partial charge on any atom is -0.287 e. The molecule has 0 aromatic rings. The molecule has 0 radical (unpaired) electrons. The van der Waals surface area contributed by atoms with E-state index in [0.717, 1.165) is 24.3 Å². The zero-order chi connectivity index (χ0) is 19.3. The molecule has 0 atom stereocenters. The third kappa shape index (κ3) is 20.4. The lowest BCUT2D eigenvalue weighted by molar-refractivity contribution is -0.111. The van der Waals surface area contributed by atoms with Gasteiger partial charge in [0.25, 0.3) is 0 Å². The Bertz CT molecular complexity index is 300. The van der Waals surface area contributed by atoms with Crippen LogP contribution in [0.2, 0.25) is 0 Å². The van der Waals surface area contributed by atoms with Crippen LogP contribution in [0, 0.1) is 0 Å². The average molecular weight is 403 g/mol. The van der Waals surface area contributed by atoms with Crippen LogP contribution in [0.3, 0.4) is 0 Å². The second kappa shape index (κ2) is 21.3. The SMILES string of the molecule is CCCCCCCCCC(=O)SCCSC(=O)CCCCCCCCC. The maximum Gasteiger partial charge on any atom is 0.188 e. The van der Waals surface area contributed by atoms with E-state index in [4.69, 9.17) is 0 Å². The Kier molecular flexibility index (Phi) is 21.4. The Morgan fingerprint density at radius 2 is 0.808 bits per heavy atom. The number of hydrogen-bond acceptors (Lipinski definition) is 4. The summed E-state index contributed by atoms with van der Waals surface area (Å²) in [6.07, 6.45) is 18.9. The van der Waals surface area contributed by atoms with E-state index >= 15 is 0 Å². The quantitative estimate of drug-likeness (QED) is 0.206. The molecule has 0 saturated heterocycles. The van der Waals surface area contributed by atoms with Gasteiger partial charge in [0.1, 0.15) is 0 Å². The third-order valence-corrected chi connectivity index (χ3v) is 6.71. The van der Waals surface area contributed by atoms with Crippen molar-refractivity contribution in [3.05, 3.63) is 0 Å². The first-order valence-corrected chi connectivity index (χ1v) is 13.0. The molecule has 0 bridgehead atoms. The number of thioether (sulfide) groups is 2. The molecule has 26 heavy (non-hydrogen) atoms. The lowest BCUT2D eigenvalue weighted by Crippen LogP contribution is -1.99. The van der Waals surface area contributed by atoms with Gasteiger partial charge in [-0.2, -0.15) is 0 Å². The van der Waals surface area contributed by atoms with Gasteiger partial charge >= 0.3 is 0 Å². The van der Waals surface area contributed by atoms with Crippen molar-refractivity contribution in [2.75, 3.05) is 11.5 Å². The Morgan fingerprint density at radius 3 is 1.15 bits per heavy atom. The molecular formula is C22H42O2S2. The molecule has 2 nitrogen and oxygen atoms in total. The van der Waals surface area contributed by atoms with E-state index in [9.17, 15) is 9.59 Å². The average Bonchev–Trinajstić information content (AvgIpc) is 2.64. The summed E-state index contributed by atoms with van der Waals surface area (Å²) in [7, 11) is 0. The van der Waals surface area contributed by atoms with E-state index < -0.39 is 0 Å². The minimum atomic E-state index is 0.304. The van der Waals surface area contributed by atoms with E-state index in [1.54, 1.807) is 0 Å². The van der Waals surface area contributed by atoms with E-state index in [0.29, 0.717) is 23.1 Å². The van der Waals surface area contributed by atoms with Gasteiger partial charge in [-0.3, -0.25) is 9.59 Å². The highest BCUT2D eigenvalue weighted by atomic mass is 32.2. The normalized spacial score (nSPS) is 11.0. The number of carbonyl (C=O) groups is 2. The van der Waals surface area contributed by atoms with Crippen LogP contribution in [0.4, 0.5) is 0 Å². The Morgan fingerprint density at radius 1 is 0.500 bits per heavy atom. The summed E-state index contributed by atoms with van der Waals surface area (Å²) in [4.78, 5) is 23.6. The molecule has 154 valence electrons. The molecule has 0 fully saturated rings. The highest BCUT2D eigenvalue weighted by Gasteiger charge is 2.06. The second-order valence-corrected chi connectivity index (χ2v) is 9.49. The standard InChI is InChI=1S/C22H42O2S2/c1-3-5-7-9-11-13-15-17-21(23)25-19-20-26-22(24)18-16-14-12-10-8-6-4-2/h3-20H2,1-2H3. The van der Waals surface area contributed by atoms with E-state index in [-0.39, 0.29) is 0 Å². The summed E-state index contributed by atoms with van der Waals surface area (Å²) < 4.78 is 0. The highest BCUT2D eigenvalue weighted by molar-refractivity contribution is 8.16. The van der Waals surface area contributed by atoms with Gasteiger partial charge in [-0.25, -0.2) is 0 Å². The summed E-state index contributed by atoms with van der Waals surface area (Å²) in [6, 6.07) is 0. The van der Waals surface area contributed by atoms with Crippen LogP contribution in [0.5, 0.6) is 0 Å². The Labute approximate surface area is 171 Å². The van der Waals surface area contributed by atoms with Crippen molar-refractivity contribution in [2.45, 2.75) is 117 Å². The molecule has 4 heteroatoms. The molecule has 0 aliphatic carbocycles. The fourth-order valence-corrected chi connectivity index (χ4v) is 4.61. The van der Waals surface area contributed by atoms with Crippen molar-refractivity contribution in [1.82, 2.24) is 0 Å². The molecule has 0 N–H and O–H groups in total. The molecule has 0 unspecified atom stereocenters. The first kappa shape index (κ1) is 26.0. The fourth-order valence-electron chi connectivity index (χ4n) is 2.91. The van der Waals surface area contributed by atoms with E-state index in [2.05, 4.69) is 13.8 Å². The second-order valence-electron chi connectivity index (χ2n) is 7.18. The number of hydrogen-bond donors (Lipinski definition) is 0. The lowest BCUT2D eigenvalue weighted by Gasteiger charge is -2.03. The zero-order valence-electron chi connectivity index (χ0n) is 17.4. The first-order valence-electron chi connectivity index (χ1n) is 11.0. The maximum atomic E-state index is 11.8. The first-order chi connectivity index (χ1) is 12.7. The van der Waals surface area contributed by atoms with Gasteiger partial charge in [0.05, 0.1) is 0 Å². The summed E-state index contributed by atoms with van der Waals surface area (Å²) in [5.41, 5.74) is 0. The molecule has 0 aromatic heterocycles. The fraction of sp³-hybridized carbons (Fsp3) is 0.909. The molecule has 0 heterocycles. The van der Waals surface area contributed by atoms with Crippen LogP contribution in [0.1, 0.15) is 117 Å². The van der Waals surface area contributed by atoms with Crippen LogP contribution < -0.4 is 0 Å². The highest BCUT2D eigenvalue weighted by Crippen LogP contribution is 2.16. The van der Waals surface area contributed by atoms with Crippen LogP contribution >= 0.6 is 23.5 Å². The molecule has 0 aromatic carbocycles.